The molecule has 3 N–H and O–H groups in total. The summed E-state index contributed by atoms with van der Waals surface area (Å²) in [5.41, 5.74) is 0.237. The molecule has 5 nitrogen and oxygen atoms in total. The maximum Gasteiger partial charge on any atom is 0.325 e. The number of carbonyl (C=O) groups is 2. The zero-order valence-electron chi connectivity index (χ0n) is 9.13. The Kier molecular flexibility index (Phi) is 5.07. The van der Waals surface area contributed by atoms with Crippen LogP contribution < -0.4 is 10.6 Å². The molecule has 18 heavy (non-hydrogen) atoms. The number of aliphatic carboxylic acids is 1. The van der Waals surface area contributed by atoms with E-state index in [1.54, 1.807) is 0 Å². The van der Waals surface area contributed by atoms with Gasteiger partial charge in [0, 0.05) is 0 Å². The summed E-state index contributed by atoms with van der Waals surface area (Å²) >= 11 is 17.3. The minimum atomic E-state index is -1.15. The molecule has 0 spiro atoms. The van der Waals surface area contributed by atoms with Crippen molar-refractivity contribution in [1.29, 1.82) is 0 Å². The number of urea groups is 1. The molecule has 1 aromatic rings. The lowest BCUT2D eigenvalue weighted by Crippen LogP contribution is -2.40. The van der Waals surface area contributed by atoms with Crippen molar-refractivity contribution in [2.24, 2.45) is 0 Å². The van der Waals surface area contributed by atoms with Crippen LogP contribution in [-0.4, -0.2) is 23.1 Å². The van der Waals surface area contributed by atoms with Crippen molar-refractivity contribution in [3.05, 3.63) is 27.2 Å². The lowest BCUT2D eigenvalue weighted by Gasteiger charge is -2.12. The molecule has 0 aromatic heterocycles. The lowest BCUT2D eigenvalue weighted by molar-refractivity contribution is -0.138. The number of carboxylic acid groups (broad SMARTS) is 1. The van der Waals surface area contributed by atoms with Crippen LogP contribution in [0.5, 0.6) is 0 Å². The smallest absolute Gasteiger partial charge is 0.325 e. The molecule has 8 heteroatoms. The third-order valence-corrected chi connectivity index (χ3v) is 3.01. The van der Waals surface area contributed by atoms with E-state index < -0.39 is 18.0 Å². The first kappa shape index (κ1) is 14.9. The van der Waals surface area contributed by atoms with Crippen molar-refractivity contribution in [2.45, 2.75) is 13.0 Å². The second-order valence-electron chi connectivity index (χ2n) is 3.40. The van der Waals surface area contributed by atoms with Gasteiger partial charge in [0.15, 0.2) is 0 Å². The fraction of sp³-hybridized carbons (Fsp3) is 0.200. The molecular weight excluding hydrogens is 302 g/mol. The predicted molar refractivity (Wildman–Crippen MR) is 70.7 cm³/mol. The normalized spacial score (nSPS) is 11.8. The zero-order chi connectivity index (χ0) is 13.9. The molecular formula is C10H9Cl3N2O3. The SMILES string of the molecule is C[C@H](NC(=O)Nc1cc(Cl)c(Cl)cc1Cl)C(=O)O. The second-order valence-corrected chi connectivity index (χ2v) is 4.63. The van der Waals surface area contributed by atoms with E-state index in [0.29, 0.717) is 0 Å². The van der Waals surface area contributed by atoms with E-state index in [-0.39, 0.29) is 20.8 Å². The quantitative estimate of drug-likeness (QED) is 0.750. The van der Waals surface area contributed by atoms with Crippen molar-refractivity contribution in [1.82, 2.24) is 5.32 Å². The number of hydrogen-bond donors (Lipinski definition) is 3. The van der Waals surface area contributed by atoms with Crippen LogP contribution in [0.2, 0.25) is 15.1 Å². The molecule has 0 saturated heterocycles. The Bertz CT molecular complexity index is 494. The maximum absolute atomic E-state index is 11.5. The zero-order valence-corrected chi connectivity index (χ0v) is 11.4. The Morgan fingerprint density at radius 2 is 1.72 bits per heavy atom. The Balaban J connectivity index is 2.76. The summed E-state index contributed by atoms with van der Waals surface area (Å²) in [5, 5.41) is 13.9. The standard InChI is InChI=1S/C10H9Cl3N2O3/c1-4(9(16)17)14-10(18)15-8-3-6(12)5(11)2-7(8)13/h2-4H,1H3,(H,16,17)(H2,14,15,18)/t4-/m0/s1. The minimum Gasteiger partial charge on any atom is -0.480 e. The van der Waals surface area contributed by atoms with Crippen LogP contribution in [0.3, 0.4) is 0 Å². The van der Waals surface area contributed by atoms with E-state index >= 15 is 0 Å². The van der Waals surface area contributed by atoms with Gasteiger partial charge >= 0.3 is 12.0 Å². The molecule has 2 amide bonds. The van der Waals surface area contributed by atoms with Crippen molar-refractivity contribution in [3.8, 4) is 0 Å². The van der Waals surface area contributed by atoms with E-state index in [4.69, 9.17) is 39.9 Å². The van der Waals surface area contributed by atoms with E-state index in [9.17, 15) is 9.59 Å². The number of rotatable bonds is 3. The largest absolute Gasteiger partial charge is 0.480 e. The molecule has 0 heterocycles. The van der Waals surface area contributed by atoms with E-state index in [0.717, 1.165) is 0 Å². The van der Waals surface area contributed by atoms with Crippen LogP contribution >= 0.6 is 34.8 Å². The van der Waals surface area contributed by atoms with Gasteiger partial charge < -0.3 is 15.7 Å². The number of carbonyl (C=O) groups excluding carboxylic acids is 1. The van der Waals surface area contributed by atoms with Gasteiger partial charge in [-0.3, -0.25) is 4.79 Å². The summed E-state index contributed by atoms with van der Waals surface area (Å²) in [5.74, 6) is -1.15. The third kappa shape index (κ3) is 3.94. The van der Waals surface area contributed by atoms with Crippen molar-refractivity contribution in [2.75, 3.05) is 5.32 Å². The molecule has 0 saturated carbocycles. The highest BCUT2D eigenvalue weighted by molar-refractivity contribution is 6.44. The first-order valence-electron chi connectivity index (χ1n) is 4.76. The molecule has 0 aliphatic rings. The number of anilines is 1. The fourth-order valence-electron chi connectivity index (χ4n) is 1.04. The molecule has 0 unspecified atom stereocenters. The van der Waals surface area contributed by atoms with Crippen LogP contribution in [0.25, 0.3) is 0 Å². The van der Waals surface area contributed by atoms with Crippen LogP contribution in [0.15, 0.2) is 12.1 Å². The number of benzene rings is 1. The van der Waals surface area contributed by atoms with Gasteiger partial charge in [0.1, 0.15) is 6.04 Å². The number of carboxylic acids is 1. The minimum absolute atomic E-state index is 0.197. The van der Waals surface area contributed by atoms with Crippen LogP contribution in [0.4, 0.5) is 10.5 Å². The van der Waals surface area contributed by atoms with Gasteiger partial charge in [-0.15, -0.1) is 0 Å². The first-order valence-corrected chi connectivity index (χ1v) is 5.89. The summed E-state index contributed by atoms with van der Waals surface area (Å²) in [6.45, 7) is 1.33. The third-order valence-electron chi connectivity index (χ3n) is 1.98. The van der Waals surface area contributed by atoms with Crippen molar-refractivity contribution >= 4 is 52.5 Å². The first-order chi connectivity index (χ1) is 8.31. The fourth-order valence-corrected chi connectivity index (χ4v) is 1.63. The predicted octanol–water partition coefficient (Wildman–Crippen LogP) is 3.24. The molecule has 1 atom stereocenters. The summed E-state index contributed by atoms with van der Waals surface area (Å²) < 4.78 is 0. The van der Waals surface area contributed by atoms with Crippen molar-refractivity contribution in [3.63, 3.8) is 0 Å². The lowest BCUT2D eigenvalue weighted by atomic mass is 10.3. The molecule has 1 rings (SSSR count). The van der Waals surface area contributed by atoms with Gasteiger partial charge in [-0.25, -0.2) is 4.79 Å². The average molecular weight is 312 g/mol. The molecule has 0 aliphatic heterocycles. The van der Waals surface area contributed by atoms with Gasteiger partial charge in [0.2, 0.25) is 0 Å². The number of halogens is 3. The van der Waals surface area contributed by atoms with Gasteiger partial charge in [0.25, 0.3) is 0 Å². The Morgan fingerprint density at radius 3 is 2.28 bits per heavy atom. The van der Waals surface area contributed by atoms with Crippen LogP contribution in [0.1, 0.15) is 6.92 Å². The summed E-state index contributed by atoms with van der Waals surface area (Å²) in [6.07, 6.45) is 0. The van der Waals surface area contributed by atoms with E-state index in [1.807, 2.05) is 0 Å². The molecule has 1 aromatic carbocycles. The Morgan fingerprint density at radius 1 is 1.17 bits per heavy atom. The molecule has 0 aliphatic carbocycles. The van der Waals surface area contributed by atoms with E-state index in [2.05, 4.69) is 10.6 Å². The molecule has 0 fully saturated rings. The monoisotopic (exact) mass is 310 g/mol. The number of hydrogen-bond acceptors (Lipinski definition) is 2. The molecule has 0 radical (unpaired) electrons. The van der Waals surface area contributed by atoms with Gasteiger partial charge in [0.05, 0.1) is 20.8 Å². The molecule has 98 valence electrons. The van der Waals surface area contributed by atoms with Crippen molar-refractivity contribution < 1.29 is 14.7 Å². The van der Waals surface area contributed by atoms with E-state index in [1.165, 1.54) is 19.1 Å². The summed E-state index contributed by atoms with van der Waals surface area (Å²) in [6, 6.07) is 1.02. The maximum atomic E-state index is 11.5. The summed E-state index contributed by atoms with van der Waals surface area (Å²) in [4.78, 5) is 22.0. The Labute approximate surface area is 118 Å². The van der Waals surface area contributed by atoms with Gasteiger partial charge in [-0.1, -0.05) is 34.8 Å². The van der Waals surface area contributed by atoms with Crippen LogP contribution in [0, 0.1) is 0 Å². The highest BCUT2D eigenvalue weighted by Crippen LogP contribution is 2.32. The Hall–Kier alpha value is -1.17. The second kappa shape index (κ2) is 6.13. The highest BCUT2D eigenvalue weighted by Gasteiger charge is 2.15. The average Bonchev–Trinajstić information content (AvgIpc) is 2.25. The number of nitrogens with one attached hydrogen (secondary N) is 2. The highest BCUT2D eigenvalue weighted by atomic mass is 35.5. The molecule has 0 bridgehead atoms. The topological polar surface area (TPSA) is 78.4 Å². The number of amides is 2. The van der Waals surface area contributed by atoms with Gasteiger partial charge in [-0.2, -0.15) is 0 Å². The van der Waals surface area contributed by atoms with Crippen LogP contribution in [-0.2, 0) is 4.79 Å². The summed E-state index contributed by atoms with van der Waals surface area (Å²) in [7, 11) is 0. The van der Waals surface area contributed by atoms with Gasteiger partial charge in [-0.05, 0) is 19.1 Å².